The summed E-state index contributed by atoms with van der Waals surface area (Å²) in [4.78, 5) is 15.1. The van der Waals surface area contributed by atoms with Crippen molar-refractivity contribution in [3.05, 3.63) is 46.5 Å². The van der Waals surface area contributed by atoms with Crippen molar-refractivity contribution in [2.45, 2.75) is 16.7 Å². The van der Waals surface area contributed by atoms with E-state index in [1.54, 1.807) is 24.3 Å². The maximum Gasteiger partial charge on any atom is 0.357 e. The molecule has 0 spiro atoms. The Bertz CT molecular complexity index is 734. The van der Waals surface area contributed by atoms with Gasteiger partial charge in [-0.15, -0.1) is 11.3 Å². The van der Waals surface area contributed by atoms with Crippen molar-refractivity contribution in [1.82, 2.24) is 4.98 Å². The number of carbonyl (C=O) groups is 1. The van der Waals surface area contributed by atoms with Crippen molar-refractivity contribution in [1.29, 1.82) is 0 Å². The SMILES string of the molecule is COC(=O)c1csc(S(=O)(=O)Cc2ccc(CO)cc2)n1. The molecule has 2 aromatic rings. The number of carbonyl (C=O) groups excluding carboxylic acids is 1. The van der Waals surface area contributed by atoms with Crippen LogP contribution in [0.1, 0.15) is 21.6 Å². The Hall–Kier alpha value is -1.77. The molecule has 0 aliphatic carbocycles. The summed E-state index contributed by atoms with van der Waals surface area (Å²) >= 11 is 0.887. The Kier molecular flexibility index (Phi) is 4.71. The molecule has 8 heteroatoms. The summed E-state index contributed by atoms with van der Waals surface area (Å²) in [6.45, 7) is -0.0952. The molecule has 112 valence electrons. The second kappa shape index (κ2) is 6.33. The second-order valence-corrected chi connectivity index (χ2v) is 7.25. The van der Waals surface area contributed by atoms with Gasteiger partial charge in [0.2, 0.25) is 14.2 Å². The predicted molar refractivity (Wildman–Crippen MR) is 76.7 cm³/mol. The molecule has 1 heterocycles. The lowest BCUT2D eigenvalue weighted by molar-refractivity contribution is 0.0594. The van der Waals surface area contributed by atoms with Gasteiger partial charge in [0, 0.05) is 5.38 Å². The fraction of sp³-hybridized carbons (Fsp3) is 0.231. The van der Waals surface area contributed by atoms with E-state index in [4.69, 9.17) is 5.11 Å². The van der Waals surface area contributed by atoms with Crippen molar-refractivity contribution in [2.24, 2.45) is 0 Å². The highest BCUT2D eigenvalue weighted by molar-refractivity contribution is 7.92. The standard InChI is InChI=1S/C13H13NO5S2/c1-19-12(16)11-7-20-13(14-11)21(17,18)8-10-4-2-9(6-15)3-5-10/h2-5,7,15H,6,8H2,1H3. The lowest BCUT2D eigenvalue weighted by atomic mass is 10.2. The van der Waals surface area contributed by atoms with Crippen molar-refractivity contribution in [3.63, 3.8) is 0 Å². The quantitative estimate of drug-likeness (QED) is 0.834. The van der Waals surface area contributed by atoms with E-state index < -0.39 is 15.8 Å². The van der Waals surface area contributed by atoms with E-state index in [9.17, 15) is 13.2 Å². The lowest BCUT2D eigenvalue weighted by Gasteiger charge is -2.02. The number of hydrogen-bond donors (Lipinski definition) is 1. The number of hydrogen-bond acceptors (Lipinski definition) is 7. The minimum Gasteiger partial charge on any atom is -0.464 e. The molecule has 0 saturated carbocycles. The van der Waals surface area contributed by atoms with Gasteiger partial charge < -0.3 is 9.84 Å². The molecule has 0 amide bonds. The number of sulfone groups is 1. The number of aliphatic hydroxyl groups is 1. The second-order valence-electron chi connectivity index (χ2n) is 4.22. The molecule has 1 aromatic heterocycles. The summed E-state index contributed by atoms with van der Waals surface area (Å²) in [5.74, 6) is -0.882. The van der Waals surface area contributed by atoms with Gasteiger partial charge in [0.15, 0.2) is 5.69 Å². The van der Waals surface area contributed by atoms with Crippen LogP contribution in [0.3, 0.4) is 0 Å². The number of thiazole rings is 1. The van der Waals surface area contributed by atoms with E-state index >= 15 is 0 Å². The van der Waals surface area contributed by atoms with Crippen LogP contribution in [0, 0.1) is 0 Å². The number of esters is 1. The van der Waals surface area contributed by atoms with Gasteiger partial charge in [0.05, 0.1) is 19.5 Å². The number of aromatic nitrogens is 1. The fourth-order valence-electron chi connectivity index (χ4n) is 1.62. The molecular weight excluding hydrogens is 314 g/mol. The normalized spacial score (nSPS) is 11.3. The van der Waals surface area contributed by atoms with Gasteiger partial charge in [-0.1, -0.05) is 24.3 Å². The molecule has 0 bridgehead atoms. The van der Waals surface area contributed by atoms with E-state index in [2.05, 4.69) is 9.72 Å². The van der Waals surface area contributed by atoms with Gasteiger partial charge in [-0.25, -0.2) is 18.2 Å². The summed E-state index contributed by atoms with van der Waals surface area (Å²) in [5.41, 5.74) is 1.28. The van der Waals surface area contributed by atoms with Crippen molar-refractivity contribution in [3.8, 4) is 0 Å². The summed E-state index contributed by atoms with van der Waals surface area (Å²) in [6.07, 6.45) is 0. The molecule has 0 unspecified atom stereocenters. The molecule has 1 N–H and O–H groups in total. The lowest BCUT2D eigenvalue weighted by Crippen LogP contribution is -2.07. The molecule has 0 aliphatic heterocycles. The van der Waals surface area contributed by atoms with Crippen LogP contribution in [-0.4, -0.2) is 31.6 Å². The van der Waals surface area contributed by atoms with E-state index in [-0.39, 0.29) is 22.4 Å². The summed E-state index contributed by atoms with van der Waals surface area (Å²) in [6, 6.07) is 6.59. The van der Waals surface area contributed by atoms with Crippen molar-refractivity contribution >= 4 is 27.1 Å². The number of nitrogens with zero attached hydrogens (tertiary/aromatic N) is 1. The third kappa shape index (κ3) is 3.66. The smallest absolute Gasteiger partial charge is 0.357 e. The fourth-order valence-corrected chi connectivity index (χ4v) is 4.03. The molecule has 0 radical (unpaired) electrons. The topological polar surface area (TPSA) is 93.6 Å². The van der Waals surface area contributed by atoms with Crippen LogP contribution in [0.15, 0.2) is 34.0 Å². The molecule has 0 fully saturated rings. The molecule has 21 heavy (non-hydrogen) atoms. The summed E-state index contributed by atoms with van der Waals surface area (Å²) in [7, 11) is -2.41. The number of rotatable bonds is 5. The van der Waals surface area contributed by atoms with Gasteiger partial charge in [0.25, 0.3) is 0 Å². The van der Waals surface area contributed by atoms with Crippen LogP contribution in [-0.2, 0) is 26.9 Å². The molecule has 1 aromatic carbocycles. The number of aliphatic hydroxyl groups excluding tert-OH is 1. The van der Waals surface area contributed by atoms with Gasteiger partial charge in [-0.3, -0.25) is 0 Å². The van der Waals surface area contributed by atoms with E-state index in [0.717, 1.165) is 11.3 Å². The van der Waals surface area contributed by atoms with Gasteiger partial charge >= 0.3 is 5.97 Å². The minimum absolute atomic E-state index is 0.0169. The number of methoxy groups -OCH3 is 1. The first-order valence-electron chi connectivity index (χ1n) is 5.91. The van der Waals surface area contributed by atoms with Crippen LogP contribution in [0.25, 0.3) is 0 Å². The van der Waals surface area contributed by atoms with E-state index in [1.165, 1.54) is 12.5 Å². The van der Waals surface area contributed by atoms with E-state index in [1.807, 2.05) is 0 Å². The monoisotopic (exact) mass is 327 g/mol. The number of benzene rings is 1. The summed E-state index contributed by atoms with van der Waals surface area (Å²) < 4.78 is 28.8. The average Bonchev–Trinajstić information content (AvgIpc) is 2.97. The van der Waals surface area contributed by atoms with Gasteiger partial charge in [-0.2, -0.15) is 0 Å². The zero-order valence-corrected chi connectivity index (χ0v) is 12.8. The maximum atomic E-state index is 12.2. The van der Waals surface area contributed by atoms with Crippen LogP contribution in [0.4, 0.5) is 0 Å². The maximum absolute atomic E-state index is 12.2. The Morgan fingerprint density at radius 3 is 2.48 bits per heavy atom. The predicted octanol–water partition coefficient (Wildman–Crippen LogP) is 1.40. The molecule has 2 rings (SSSR count). The first-order chi connectivity index (χ1) is 9.96. The van der Waals surface area contributed by atoms with Crippen LogP contribution in [0.2, 0.25) is 0 Å². The van der Waals surface area contributed by atoms with Crippen molar-refractivity contribution < 1.29 is 23.1 Å². The van der Waals surface area contributed by atoms with Crippen molar-refractivity contribution in [2.75, 3.05) is 7.11 Å². The molecule has 0 atom stereocenters. The molecule has 0 saturated heterocycles. The highest BCUT2D eigenvalue weighted by Gasteiger charge is 2.22. The van der Waals surface area contributed by atoms with Gasteiger partial charge in [0.1, 0.15) is 0 Å². The largest absolute Gasteiger partial charge is 0.464 e. The molecule has 6 nitrogen and oxygen atoms in total. The van der Waals surface area contributed by atoms with Crippen LogP contribution in [0.5, 0.6) is 0 Å². The zero-order valence-electron chi connectivity index (χ0n) is 11.1. The minimum atomic E-state index is -3.62. The first-order valence-corrected chi connectivity index (χ1v) is 8.44. The Balaban J connectivity index is 2.21. The third-order valence-electron chi connectivity index (χ3n) is 2.71. The Morgan fingerprint density at radius 2 is 1.90 bits per heavy atom. The van der Waals surface area contributed by atoms with Crippen LogP contribution >= 0.6 is 11.3 Å². The first kappa shape index (κ1) is 15.6. The average molecular weight is 327 g/mol. The highest BCUT2D eigenvalue weighted by Crippen LogP contribution is 2.21. The Labute approximate surface area is 126 Å². The number of ether oxygens (including phenoxy) is 1. The van der Waals surface area contributed by atoms with Crippen LogP contribution < -0.4 is 0 Å². The molecule has 0 aliphatic rings. The Morgan fingerprint density at radius 1 is 1.29 bits per heavy atom. The zero-order chi connectivity index (χ0) is 15.5. The highest BCUT2D eigenvalue weighted by atomic mass is 32.2. The third-order valence-corrected chi connectivity index (χ3v) is 5.73. The molecular formula is C13H13NO5S2. The van der Waals surface area contributed by atoms with Gasteiger partial charge in [-0.05, 0) is 11.1 Å². The summed E-state index contributed by atoms with van der Waals surface area (Å²) in [5, 5.41) is 10.3. The van der Waals surface area contributed by atoms with E-state index in [0.29, 0.717) is 11.1 Å².